The zero-order valence-corrected chi connectivity index (χ0v) is 21.8. The molecule has 1 unspecified atom stereocenters. The minimum Gasteiger partial charge on any atom is -0.462 e. The van der Waals surface area contributed by atoms with Gasteiger partial charge in [-0.1, -0.05) is 57.0 Å². The van der Waals surface area contributed by atoms with Gasteiger partial charge in [-0.05, 0) is 112 Å². The number of hydrogen-bond donors (Lipinski definition) is 1. The summed E-state index contributed by atoms with van der Waals surface area (Å²) in [6, 6.07) is 9.48. The Morgan fingerprint density at radius 2 is 1.62 bits per heavy atom. The minimum absolute atomic E-state index is 0.221. The summed E-state index contributed by atoms with van der Waals surface area (Å²) >= 11 is 0. The molecule has 2 aliphatic carbocycles. The van der Waals surface area contributed by atoms with Crippen LogP contribution in [0.25, 0.3) is 0 Å². The number of carbonyl (C=O) groups excluding carboxylic acids is 1. The molecule has 3 rings (SSSR count). The highest BCUT2D eigenvalue weighted by atomic mass is 16.5. The molecule has 2 saturated carbocycles. The first-order chi connectivity index (χ1) is 16.5. The lowest BCUT2D eigenvalue weighted by Crippen LogP contribution is -2.26. The third-order valence-electron chi connectivity index (χ3n) is 8.63. The van der Waals surface area contributed by atoms with Crippen LogP contribution in [0.4, 0.5) is 0 Å². The number of hydrogen-bond acceptors (Lipinski definition) is 3. The maximum atomic E-state index is 11.6. The van der Waals surface area contributed by atoms with Crippen LogP contribution in [0.15, 0.2) is 36.4 Å². The van der Waals surface area contributed by atoms with Crippen LogP contribution >= 0.6 is 0 Å². The van der Waals surface area contributed by atoms with Crippen LogP contribution in [0, 0.1) is 23.7 Å². The van der Waals surface area contributed by atoms with Crippen molar-refractivity contribution in [3.05, 3.63) is 47.5 Å². The van der Waals surface area contributed by atoms with Gasteiger partial charge in [0.1, 0.15) is 0 Å². The number of benzene rings is 1. The molecule has 1 N–H and O–H groups in total. The standard InChI is InChI=1S/C31H48O3/c1-4-5-24-6-10-27(11-7-24)29-14-16-30(17-15-29)28-12-8-25(9-13-28)22-26(18-20-32)19-21-34-31(33)23(2)3/h6-7,10-11,25-26,28-30,32H,2,4-5,8-9,12-22H2,1,3H3. The predicted molar refractivity (Wildman–Crippen MR) is 141 cm³/mol. The van der Waals surface area contributed by atoms with Gasteiger partial charge in [0.2, 0.25) is 0 Å². The van der Waals surface area contributed by atoms with Crippen molar-refractivity contribution < 1.29 is 14.6 Å². The van der Waals surface area contributed by atoms with E-state index in [1.165, 1.54) is 76.2 Å². The van der Waals surface area contributed by atoms with E-state index in [4.69, 9.17) is 4.74 Å². The maximum Gasteiger partial charge on any atom is 0.333 e. The average Bonchev–Trinajstić information content (AvgIpc) is 2.85. The second-order valence-corrected chi connectivity index (χ2v) is 11.2. The summed E-state index contributed by atoms with van der Waals surface area (Å²) in [4.78, 5) is 11.6. The molecule has 0 heterocycles. The zero-order chi connectivity index (χ0) is 24.3. The van der Waals surface area contributed by atoms with Gasteiger partial charge in [0.05, 0.1) is 6.61 Å². The number of aliphatic hydroxyl groups is 1. The van der Waals surface area contributed by atoms with Crippen LogP contribution in [-0.4, -0.2) is 24.3 Å². The Kier molecular flexibility index (Phi) is 11.2. The molecule has 0 saturated heterocycles. The molecule has 1 aromatic carbocycles. The molecule has 2 aliphatic rings. The third kappa shape index (κ3) is 8.26. The fourth-order valence-corrected chi connectivity index (χ4v) is 6.54. The molecule has 0 spiro atoms. The van der Waals surface area contributed by atoms with Crippen molar-refractivity contribution in [1.29, 1.82) is 0 Å². The number of esters is 1. The van der Waals surface area contributed by atoms with Crippen molar-refractivity contribution in [2.45, 2.75) is 103 Å². The Hall–Kier alpha value is -1.61. The number of aryl methyl sites for hydroxylation is 1. The van der Waals surface area contributed by atoms with Crippen LogP contribution in [0.2, 0.25) is 0 Å². The number of ether oxygens (including phenoxy) is 1. The fourth-order valence-electron chi connectivity index (χ4n) is 6.54. The van der Waals surface area contributed by atoms with Crippen LogP contribution < -0.4 is 0 Å². The van der Waals surface area contributed by atoms with Gasteiger partial charge >= 0.3 is 5.97 Å². The Morgan fingerprint density at radius 1 is 1.00 bits per heavy atom. The summed E-state index contributed by atoms with van der Waals surface area (Å²) in [6.07, 6.45) is 16.2. The summed E-state index contributed by atoms with van der Waals surface area (Å²) in [7, 11) is 0. The second-order valence-electron chi connectivity index (χ2n) is 11.2. The largest absolute Gasteiger partial charge is 0.462 e. The van der Waals surface area contributed by atoms with E-state index >= 15 is 0 Å². The zero-order valence-electron chi connectivity index (χ0n) is 21.8. The van der Waals surface area contributed by atoms with Crippen molar-refractivity contribution in [1.82, 2.24) is 0 Å². The summed E-state index contributed by atoms with van der Waals surface area (Å²) < 4.78 is 5.30. The lowest BCUT2D eigenvalue weighted by molar-refractivity contribution is -0.139. The SMILES string of the molecule is C=C(C)C(=O)OCCC(CCO)CC1CCC(C2CCC(c3ccc(CCC)cc3)CC2)CC1. The molecule has 2 fully saturated rings. The van der Waals surface area contributed by atoms with E-state index in [9.17, 15) is 9.90 Å². The Balaban J connectivity index is 1.37. The molecule has 0 aliphatic heterocycles. The highest BCUT2D eigenvalue weighted by Crippen LogP contribution is 2.45. The van der Waals surface area contributed by atoms with Crippen molar-refractivity contribution in [3.63, 3.8) is 0 Å². The van der Waals surface area contributed by atoms with Crippen molar-refractivity contribution in [2.24, 2.45) is 23.7 Å². The smallest absolute Gasteiger partial charge is 0.333 e. The summed E-state index contributed by atoms with van der Waals surface area (Å²) in [5.41, 5.74) is 3.49. The summed E-state index contributed by atoms with van der Waals surface area (Å²) in [6.45, 7) is 8.24. The van der Waals surface area contributed by atoms with Crippen LogP contribution in [0.1, 0.15) is 108 Å². The van der Waals surface area contributed by atoms with E-state index in [0.717, 1.165) is 36.5 Å². The van der Waals surface area contributed by atoms with Crippen LogP contribution in [-0.2, 0) is 16.0 Å². The average molecular weight is 469 g/mol. The molecule has 0 bridgehead atoms. The molecular formula is C31H48O3. The van der Waals surface area contributed by atoms with E-state index in [1.807, 2.05) is 0 Å². The van der Waals surface area contributed by atoms with Gasteiger partial charge < -0.3 is 9.84 Å². The predicted octanol–water partition coefficient (Wildman–Crippen LogP) is 7.62. The Morgan fingerprint density at radius 3 is 2.18 bits per heavy atom. The van der Waals surface area contributed by atoms with E-state index in [0.29, 0.717) is 18.1 Å². The summed E-state index contributed by atoms with van der Waals surface area (Å²) in [5, 5.41) is 9.49. The first kappa shape index (κ1) is 27.0. The molecule has 0 amide bonds. The minimum atomic E-state index is -0.300. The van der Waals surface area contributed by atoms with Crippen LogP contribution in [0.3, 0.4) is 0 Å². The maximum absolute atomic E-state index is 11.6. The van der Waals surface area contributed by atoms with Gasteiger partial charge in [-0.15, -0.1) is 0 Å². The molecule has 1 atom stereocenters. The van der Waals surface area contributed by atoms with Crippen molar-refractivity contribution in [2.75, 3.05) is 13.2 Å². The van der Waals surface area contributed by atoms with E-state index in [2.05, 4.69) is 37.8 Å². The number of rotatable bonds is 12. The lowest BCUT2D eigenvalue weighted by Gasteiger charge is -2.38. The monoisotopic (exact) mass is 468 g/mol. The molecular weight excluding hydrogens is 420 g/mol. The first-order valence-electron chi connectivity index (χ1n) is 14.0. The molecule has 0 radical (unpaired) electrons. The van der Waals surface area contributed by atoms with E-state index < -0.39 is 0 Å². The molecule has 34 heavy (non-hydrogen) atoms. The molecule has 3 nitrogen and oxygen atoms in total. The normalized spacial score (nSPS) is 26.1. The van der Waals surface area contributed by atoms with Gasteiger partial charge in [-0.25, -0.2) is 4.79 Å². The van der Waals surface area contributed by atoms with Gasteiger partial charge in [-0.3, -0.25) is 0 Å². The van der Waals surface area contributed by atoms with Crippen molar-refractivity contribution in [3.8, 4) is 0 Å². The Bertz CT molecular complexity index is 736. The van der Waals surface area contributed by atoms with Gasteiger partial charge in [0.15, 0.2) is 0 Å². The third-order valence-corrected chi connectivity index (χ3v) is 8.63. The quantitative estimate of drug-likeness (QED) is 0.253. The molecule has 0 aromatic heterocycles. The highest BCUT2D eigenvalue weighted by molar-refractivity contribution is 5.86. The molecule has 1 aromatic rings. The topological polar surface area (TPSA) is 46.5 Å². The molecule has 190 valence electrons. The highest BCUT2D eigenvalue weighted by Gasteiger charge is 2.32. The second kappa shape index (κ2) is 14.1. The lowest BCUT2D eigenvalue weighted by atomic mass is 9.67. The number of carbonyl (C=O) groups is 1. The van der Waals surface area contributed by atoms with E-state index in [1.54, 1.807) is 12.5 Å². The Labute approximate surface area is 208 Å². The summed E-state index contributed by atoms with van der Waals surface area (Å²) in [5.74, 6) is 3.52. The van der Waals surface area contributed by atoms with Crippen molar-refractivity contribution >= 4 is 5.97 Å². The van der Waals surface area contributed by atoms with Crippen LogP contribution in [0.5, 0.6) is 0 Å². The fraction of sp³-hybridized carbons (Fsp3) is 0.710. The number of aliphatic hydroxyl groups excluding tert-OH is 1. The first-order valence-corrected chi connectivity index (χ1v) is 14.0. The molecule has 3 heteroatoms. The van der Waals surface area contributed by atoms with Gasteiger partial charge in [-0.2, -0.15) is 0 Å². The van der Waals surface area contributed by atoms with Gasteiger partial charge in [0, 0.05) is 12.2 Å². The van der Waals surface area contributed by atoms with Gasteiger partial charge in [0.25, 0.3) is 0 Å². The van der Waals surface area contributed by atoms with E-state index in [-0.39, 0.29) is 12.6 Å².